The maximum absolute atomic E-state index is 12.0. The Bertz CT molecular complexity index is 717. The molecule has 1 aliphatic rings. The highest BCUT2D eigenvalue weighted by molar-refractivity contribution is 7.08. The van der Waals surface area contributed by atoms with Crippen molar-refractivity contribution in [2.75, 3.05) is 5.32 Å². The number of amides is 1. The largest absolute Gasteiger partial charge is 0.449 e. The van der Waals surface area contributed by atoms with E-state index in [4.69, 9.17) is 4.74 Å². The van der Waals surface area contributed by atoms with Gasteiger partial charge in [0, 0.05) is 5.56 Å². The second-order valence-electron chi connectivity index (χ2n) is 4.39. The van der Waals surface area contributed by atoms with Crippen molar-refractivity contribution in [3.05, 3.63) is 51.9 Å². The lowest BCUT2D eigenvalue weighted by atomic mass is 10.1. The quantitative estimate of drug-likeness (QED) is 0.680. The second-order valence-corrected chi connectivity index (χ2v) is 5.17. The van der Waals surface area contributed by atoms with Gasteiger partial charge >= 0.3 is 0 Å². The third kappa shape index (κ3) is 2.35. The van der Waals surface area contributed by atoms with Crippen LogP contribution in [0.3, 0.4) is 0 Å². The van der Waals surface area contributed by atoms with Crippen LogP contribution < -0.4 is 10.1 Å². The number of carbonyl (C=O) groups is 2. The lowest BCUT2D eigenvalue weighted by molar-refractivity contribution is -0.115. The van der Waals surface area contributed by atoms with Crippen LogP contribution >= 0.6 is 11.3 Å². The maximum Gasteiger partial charge on any atom is 0.291 e. The highest BCUT2D eigenvalue weighted by Gasteiger charge is 2.22. The number of hydrogen-bond donors (Lipinski definition) is 1. The Morgan fingerprint density at radius 2 is 2.20 bits per heavy atom. The molecular weight excluding hydrogens is 274 g/mol. The first-order valence-corrected chi connectivity index (χ1v) is 6.96. The van der Waals surface area contributed by atoms with E-state index in [0.29, 0.717) is 17.0 Å². The standard InChI is InChI=1S/C15H11NO3S/c1-9(17)11-2-3-13-12(7-11)16-15(18)14(19-13)6-10-4-5-20-8-10/h2-8H,1H3,(H,16,18)/b14-6-. The summed E-state index contributed by atoms with van der Waals surface area (Å²) in [5, 5.41) is 6.60. The molecule has 0 fully saturated rings. The van der Waals surface area contributed by atoms with Gasteiger partial charge in [0.15, 0.2) is 17.3 Å². The van der Waals surface area contributed by atoms with Crippen molar-refractivity contribution >= 4 is 34.8 Å². The highest BCUT2D eigenvalue weighted by atomic mass is 32.1. The predicted octanol–water partition coefficient (Wildman–Crippen LogP) is 3.32. The lowest BCUT2D eigenvalue weighted by Crippen LogP contribution is -2.23. The summed E-state index contributed by atoms with van der Waals surface area (Å²) in [6.45, 7) is 1.48. The number of Topliss-reactive ketones (excluding diaryl/α,β-unsaturated/α-hetero) is 1. The van der Waals surface area contributed by atoms with E-state index in [0.717, 1.165) is 5.56 Å². The molecule has 2 heterocycles. The van der Waals surface area contributed by atoms with Gasteiger partial charge in [0.2, 0.25) is 0 Å². The van der Waals surface area contributed by atoms with Crippen LogP contribution in [0.1, 0.15) is 22.8 Å². The molecular formula is C15H11NO3S. The molecule has 3 rings (SSSR count). The number of anilines is 1. The van der Waals surface area contributed by atoms with Crippen LogP contribution in [0.5, 0.6) is 5.75 Å². The zero-order valence-electron chi connectivity index (χ0n) is 10.7. The minimum atomic E-state index is -0.315. The average molecular weight is 285 g/mol. The Hall–Kier alpha value is -2.40. The number of fused-ring (bicyclic) bond motifs is 1. The molecule has 0 unspecified atom stereocenters. The topological polar surface area (TPSA) is 55.4 Å². The number of nitrogens with one attached hydrogen (secondary N) is 1. The van der Waals surface area contributed by atoms with Gasteiger partial charge in [-0.15, -0.1) is 0 Å². The van der Waals surface area contributed by atoms with E-state index < -0.39 is 0 Å². The Balaban J connectivity index is 1.95. The van der Waals surface area contributed by atoms with Crippen molar-refractivity contribution in [3.8, 4) is 5.75 Å². The van der Waals surface area contributed by atoms with E-state index in [-0.39, 0.29) is 17.4 Å². The Morgan fingerprint density at radius 3 is 2.90 bits per heavy atom. The van der Waals surface area contributed by atoms with Gasteiger partial charge in [-0.25, -0.2) is 0 Å². The molecule has 0 bridgehead atoms. The number of hydrogen-bond acceptors (Lipinski definition) is 4. The van der Waals surface area contributed by atoms with Gasteiger partial charge in [0.25, 0.3) is 5.91 Å². The van der Waals surface area contributed by atoms with Crippen LogP contribution in [-0.4, -0.2) is 11.7 Å². The summed E-state index contributed by atoms with van der Waals surface area (Å²) in [5.41, 5.74) is 1.98. The van der Waals surface area contributed by atoms with Gasteiger partial charge in [-0.3, -0.25) is 9.59 Å². The zero-order chi connectivity index (χ0) is 14.1. The van der Waals surface area contributed by atoms with Crippen molar-refractivity contribution in [1.29, 1.82) is 0 Å². The van der Waals surface area contributed by atoms with Crippen LogP contribution in [0.15, 0.2) is 40.8 Å². The number of rotatable bonds is 2. The summed E-state index contributed by atoms with van der Waals surface area (Å²) in [4.78, 5) is 23.3. The van der Waals surface area contributed by atoms with E-state index in [1.54, 1.807) is 35.6 Å². The van der Waals surface area contributed by atoms with E-state index in [1.165, 1.54) is 6.92 Å². The third-order valence-electron chi connectivity index (χ3n) is 2.92. The van der Waals surface area contributed by atoms with Crippen molar-refractivity contribution in [2.24, 2.45) is 0 Å². The third-order valence-corrected chi connectivity index (χ3v) is 3.62. The Kier molecular flexibility index (Phi) is 3.12. The Morgan fingerprint density at radius 1 is 1.35 bits per heavy atom. The predicted molar refractivity (Wildman–Crippen MR) is 78.0 cm³/mol. The normalized spacial score (nSPS) is 15.4. The minimum absolute atomic E-state index is 0.0540. The van der Waals surface area contributed by atoms with Gasteiger partial charge in [-0.2, -0.15) is 11.3 Å². The van der Waals surface area contributed by atoms with Gasteiger partial charge in [0.05, 0.1) is 5.69 Å². The molecule has 0 saturated heterocycles. The van der Waals surface area contributed by atoms with E-state index in [1.807, 2.05) is 16.8 Å². The van der Waals surface area contributed by atoms with Crippen LogP contribution in [0.4, 0.5) is 5.69 Å². The molecule has 1 N–H and O–H groups in total. The summed E-state index contributed by atoms with van der Waals surface area (Å²) in [7, 11) is 0. The number of carbonyl (C=O) groups excluding carboxylic acids is 2. The number of ketones is 1. The van der Waals surface area contributed by atoms with Crippen LogP contribution in [-0.2, 0) is 4.79 Å². The first-order valence-electron chi connectivity index (χ1n) is 6.01. The number of ether oxygens (including phenoxy) is 1. The summed E-state index contributed by atoms with van der Waals surface area (Å²) in [6, 6.07) is 6.90. The first kappa shape index (κ1) is 12.6. The maximum atomic E-state index is 12.0. The minimum Gasteiger partial charge on any atom is -0.449 e. The molecule has 1 amide bonds. The average Bonchev–Trinajstić information content (AvgIpc) is 2.92. The molecule has 100 valence electrons. The summed E-state index contributed by atoms with van der Waals surface area (Å²) >= 11 is 1.55. The molecule has 1 aliphatic heterocycles. The van der Waals surface area contributed by atoms with Crippen molar-refractivity contribution in [1.82, 2.24) is 0 Å². The van der Waals surface area contributed by atoms with E-state index >= 15 is 0 Å². The monoisotopic (exact) mass is 285 g/mol. The van der Waals surface area contributed by atoms with Crippen molar-refractivity contribution in [2.45, 2.75) is 6.92 Å². The fourth-order valence-corrected chi connectivity index (χ4v) is 2.51. The summed E-state index contributed by atoms with van der Waals surface area (Å²) in [6.07, 6.45) is 1.69. The zero-order valence-corrected chi connectivity index (χ0v) is 11.5. The van der Waals surface area contributed by atoms with Gasteiger partial charge in [-0.05, 0) is 53.6 Å². The van der Waals surface area contributed by atoms with Crippen molar-refractivity contribution in [3.63, 3.8) is 0 Å². The van der Waals surface area contributed by atoms with Gasteiger partial charge < -0.3 is 10.1 Å². The van der Waals surface area contributed by atoms with Gasteiger partial charge in [-0.1, -0.05) is 0 Å². The smallest absolute Gasteiger partial charge is 0.291 e. The summed E-state index contributed by atoms with van der Waals surface area (Å²) in [5.74, 6) is 0.411. The molecule has 0 spiro atoms. The molecule has 2 aromatic rings. The van der Waals surface area contributed by atoms with Crippen LogP contribution in [0.25, 0.3) is 6.08 Å². The molecule has 20 heavy (non-hydrogen) atoms. The fraction of sp³-hybridized carbons (Fsp3) is 0.0667. The number of thiophene rings is 1. The second kappa shape index (κ2) is 4.94. The molecule has 1 aromatic heterocycles. The first-order chi connectivity index (χ1) is 9.63. The molecule has 0 saturated carbocycles. The van der Waals surface area contributed by atoms with E-state index in [2.05, 4.69) is 5.32 Å². The molecule has 4 nitrogen and oxygen atoms in total. The van der Waals surface area contributed by atoms with Gasteiger partial charge in [0.1, 0.15) is 0 Å². The molecule has 0 atom stereocenters. The van der Waals surface area contributed by atoms with E-state index in [9.17, 15) is 9.59 Å². The fourth-order valence-electron chi connectivity index (χ4n) is 1.89. The number of benzene rings is 1. The molecule has 5 heteroatoms. The lowest BCUT2D eigenvalue weighted by Gasteiger charge is -2.20. The van der Waals surface area contributed by atoms with Crippen LogP contribution in [0.2, 0.25) is 0 Å². The SMILES string of the molecule is CC(=O)c1ccc2c(c1)NC(=O)/C(=C/c1ccsc1)O2. The Labute approximate surface area is 119 Å². The van der Waals surface area contributed by atoms with Crippen LogP contribution in [0, 0.1) is 0 Å². The molecule has 0 aliphatic carbocycles. The molecule has 1 aromatic carbocycles. The molecule has 0 radical (unpaired) electrons. The summed E-state index contributed by atoms with van der Waals surface area (Å²) < 4.78 is 5.59. The van der Waals surface area contributed by atoms with Crippen molar-refractivity contribution < 1.29 is 14.3 Å². The highest BCUT2D eigenvalue weighted by Crippen LogP contribution is 2.32.